The molecule has 2 rings (SSSR count). The first kappa shape index (κ1) is 14.5. The molecule has 4 nitrogen and oxygen atoms in total. The summed E-state index contributed by atoms with van der Waals surface area (Å²) in [5.41, 5.74) is 0.424. The molecule has 0 aromatic carbocycles. The van der Waals surface area contributed by atoms with Gasteiger partial charge in [0.05, 0.1) is 11.7 Å². The van der Waals surface area contributed by atoms with Crippen LogP contribution in [0, 0.1) is 12.7 Å². The van der Waals surface area contributed by atoms with Gasteiger partial charge >= 0.3 is 0 Å². The molecule has 1 saturated heterocycles. The number of thioether (sulfide) groups is 1. The molecular formula is C13H21FN4S. The third kappa shape index (κ3) is 3.36. The summed E-state index contributed by atoms with van der Waals surface area (Å²) in [6, 6.07) is 0.181. The van der Waals surface area contributed by atoms with Crippen molar-refractivity contribution in [1.29, 1.82) is 0 Å². The van der Waals surface area contributed by atoms with E-state index in [0.717, 1.165) is 36.8 Å². The van der Waals surface area contributed by atoms with Crippen LogP contribution in [0.4, 0.5) is 10.2 Å². The minimum absolute atomic E-state index is 0.181. The average Bonchev–Trinajstić information content (AvgIpc) is 2.41. The molecule has 6 heteroatoms. The number of aromatic nitrogens is 2. The third-order valence-corrected chi connectivity index (χ3v) is 4.29. The van der Waals surface area contributed by atoms with Crippen molar-refractivity contribution in [2.75, 3.05) is 37.0 Å². The smallest absolute Gasteiger partial charge is 0.186 e. The zero-order valence-electron chi connectivity index (χ0n) is 11.7. The van der Waals surface area contributed by atoms with Gasteiger partial charge in [-0.15, -0.1) is 0 Å². The maximum atomic E-state index is 14.0. The molecule has 1 unspecified atom stereocenters. The summed E-state index contributed by atoms with van der Waals surface area (Å²) in [4.78, 5) is 11.0. The van der Waals surface area contributed by atoms with Crippen LogP contribution < -0.4 is 5.32 Å². The third-order valence-electron chi connectivity index (χ3n) is 3.27. The Morgan fingerprint density at radius 3 is 2.95 bits per heavy atom. The van der Waals surface area contributed by atoms with Gasteiger partial charge < -0.3 is 5.32 Å². The number of hydrogen-bond acceptors (Lipinski definition) is 5. The highest BCUT2D eigenvalue weighted by atomic mass is 32.2. The highest BCUT2D eigenvalue weighted by molar-refractivity contribution is 7.99. The molecule has 1 fully saturated rings. The predicted molar refractivity (Wildman–Crippen MR) is 78.2 cm³/mol. The number of anilines is 1. The summed E-state index contributed by atoms with van der Waals surface area (Å²) in [6.45, 7) is 5.49. The Balaban J connectivity index is 2.27. The number of nitrogens with one attached hydrogen (secondary N) is 1. The van der Waals surface area contributed by atoms with Crippen molar-refractivity contribution in [2.24, 2.45) is 0 Å². The van der Waals surface area contributed by atoms with Crippen LogP contribution in [0.5, 0.6) is 0 Å². The van der Waals surface area contributed by atoms with Crippen LogP contribution in [-0.4, -0.2) is 46.5 Å². The van der Waals surface area contributed by atoms with Crippen molar-refractivity contribution in [3.05, 3.63) is 17.3 Å². The Morgan fingerprint density at radius 1 is 1.47 bits per heavy atom. The first-order valence-electron chi connectivity index (χ1n) is 6.69. The lowest BCUT2D eigenvalue weighted by Gasteiger charge is -2.31. The van der Waals surface area contributed by atoms with Crippen LogP contribution in [0.15, 0.2) is 0 Å². The molecule has 2 heterocycles. The van der Waals surface area contributed by atoms with E-state index < -0.39 is 0 Å². The molecule has 0 spiro atoms. The predicted octanol–water partition coefficient (Wildman–Crippen LogP) is 2.47. The lowest BCUT2D eigenvalue weighted by molar-refractivity contribution is 0.264. The molecule has 1 aliphatic heterocycles. The molecule has 0 saturated carbocycles. The molecule has 1 aromatic rings. The van der Waals surface area contributed by atoms with E-state index in [9.17, 15) is 4.39 Å². The fourth-order valence-electron chi connectivity index (χ4n) is 2.05. The van der Waals surface area contributed by atoms with Gasteiger partial charge in [0, 0.05) is 24.6 Å². The molecule has 0 aliphatic carbocycles. The SMILES string of the molecule is CCCNc1nc(C2CSCCN2C)nc(C)c1F. The van der Waals surface area contributed by atoms with Gasteiger partial charge in [0.25, 0.3) is 0 Å². The van der Waals surface area contributed by atoms with Gasteiger partial charge in [-0.3, -0.25) is 4.90 Å². The van der Waals surface area contributed by atoms with E-state index in [1.165, 1.54) is 0 Å². The van der Waals surface area contributed by atoms with Gasteiger partial charge in [0.2, 0.25) is 0 Å². The van der Waals surface area contributed by atoms with E-state index in [-0.39, 0.29) is 11.9 Å². The summed E-state index contributed by atoms with van der Waals surface area (Å²) in [5, 5.41) is 3.05. The van der Waals surface area contributed by atoms with Crippen LogP contribution >= 0.6 is 11.8 Å². The molecule has 1 atom stereocenters. The van der Waals surface area contributed by atoms with Crippen molar-refractivity contribution in [2.45, 2.75) is 26.3 Å². The average molecular weight is 284 g/mol. The number of aryl methyl sites for hydroxylation is 1. The second kappa shape index (κ2) is 6.52. The van der Waals surface area contributed by atoms with Gasteiger partial charge in [-0.2, -0.15) is 11.8 Å². The maximum absolute atomic E-state index is 14.0. The van der Waals surface area contributed by atoms with Crippen molar-refractivity contribution in [3.8, 4) is 0 Å². The largest absolute Gasteiger partial charge is 0.368 e. The number of nitrogens with zero attached hydrogens (tertiary/aromatic N) is 3. The van der Waals surface area contributed by atoms with Gasteiger partial charge in [-0.1, -0.05) is 6.92 Å². The van der Waals surface area contributed by atoms with Crippen LogP contribution in [-0.2, 0) is 0 Å². The van der Waals surface area contributed by atoms with Crippen LogP contribution in [0.25, 0.3) is 0 Å². The van der Waals surface area contributed by atoms with E-state index >= 15 is 0 Å². The summed E-state index contributed by atoms with van der Waals surface area (Å²) in [5.74, 6) is 2.84. The fourth-order valence-corrected chi connectivity index (χ4v) is 3.26. The maximum Gasteiger partial charge on any atom is 0.186 e. The Labute approximate surface area is 118 Å². The zero-order chi connectivity index (χ0) is 13.8. The number of rotatable bonds is 4. The second-order valence-corrected chi connectivity index (χ2v) is 5.98. The standard InChI is InChI=1S/C13H21FN4S/c1-4-5-15-13-11(14)9(2)16-12(17-13)10-8-19-7-6-18(10)3/h10H,4-8H2,1-3H3,(H,15,16,17). The number of halogens is 1. The zero-order valence-corrected chi connectivity index (χ0v) is 12.6. The minimum atomic E-state index is -0.330. The molecule has 1 N–H and O–H groups in total. The number of hydrogen-bond donors (Lipinski definition) is 1. The molecule has 106 valence electrons. The molecule has 1 aromatic heterocycles. The quantitative estimate of drug-likeness (QED) is 0.920. The summed E-state index contributed by atoms with van der Waals surface area (Å²) >= 11 is 1.90. The molecule has 0 amide bonds. The van der Waals surface area contributed by atoms with Crippen molar-refractivity contribution >= 4 is 17.6 Å². The first-order valence-corrected chi connectivity index (χ1v) is 7.84. The summed E-state index contributed by atoms with van der Waals surface area (Å²) in [6.07, 6.45) is 0.941. The van der Waals surface area contributed by atoms with E-state index in [1.807, 2.05) is 18.7 Å². The topological polar surface area (TPSA) is 41.1 Å². The minimum Gasteiger partial charge on any atom is -0.368 e. The summed E-state index contributed by atoms with van der Waals surface area (Å²) in [7, 11) is 2.07. The molecule has 0 bridgehead atoms. The lowest BCUT2D eigenvalue weighted by Crippen LogP contribution is -2.34. The van der Waals surface area contributed by atoms with Crippen LogP contribution in [0.3, 0.4) is 0 Å². The van der Waals surface area contributed by atoms with Crippen molar-refractivity contribution in [3.63, 3.8) is 0 Å². The first-order chi connectivity index (χ1) is 9.13. The molecular weight excluding hydrogens is 263 g/mol. The Morgan fingerprint density at radius 2 is 2.26 bits per heavy atom. The van der Waals surface area contributed by atoms with Crippen LogP contribution in [0.2, 0.25) is 0 Å². The monoisotopic (exact) mass is 284 g/mol. The van der Waals surface area contributed by atoms with E-state index in [1.54, 1.807) is 6.92 Å². The second-order valence-electron chi connectivity index (χ2n) is 4.83. The lowest BCUT2D eigenvalue weighted by atomic mass is 10.2. The van der Waals surface area contributed by atoms with E-state index in [0.29, 0.717) is 11.5 Å². The highest BCUT2D eigenvalue weighted by Crippen LogP contribution is 2.27. The highest BCUT2D eigenvalue weighted by Gasteiger charge is 2.25. The van der Waals surface area contributed by atoms with E-state index in [2.05, 4.69) is 27.2 Å². The molecule has 0 radical (unpaired) electrons. The van der Waals surface area contributed by atoms with E-state index in [4.69, 9.17) is 0 Å². The van der Waals surface area contributed by atoms with Gasteiger partial charge in [-0.05, 0) is 20.4 Å². The Kier molecular flexibility index (Phi) is 4.99. The Bertz CT molecular complexity index is 441. The fraction of sp³-hybridized carbons (Fsp3) is 0.692. The summed E-state index contributed by atoms with van der Waals surface area (Å²) < 4.78 is 14.0. The molecule has 1 aliphatic rings. The van der Waals surface area contributed by atoms with Crippen molar-refractivity contribution < 1.29 is 4.39 Å². The Hall–Kier alpha value is -0.880. The van der Waals surface area contributed by atoms with Gasteiger partial charge in [0.1, 0.15) is 5.82 Å². The van der Waals surface area contributed by atoms with Crippen molar-refractivity contribution in [1.82, 2.24) is 14.9 Å². The normalized spacial score (nSPS) is 20.5. The van der Waals surface area contributed by atoms with Gasteiger partial charge in [-0.25, -0.2) is 14.4 Å². The van der Waals surface area contributed by atoms with Crippen LogP contribution in [0.1, 0.15) is 30.9 Å². The molecule has 19 heavy (non-hydrogen) atoms. The van der Waals surface area contributed by atoms with Gasteiger partial charge in [0.15, 0.2) is 11.6 Å².